The van der Waals surface area contributed by atoms with Crippen LogP contribution in [0.1, 0.15) is 63.9 Å². The van der Waals surface area contributed by atoms with Crippen molar-refractivity contribution in [1.29, 1.82) is 0 Å². The van der Waals surface area contributed by atoms with Crippen molar-refractivity contribution in [2.24, 2.45) is 11.8 Å². The predicted molar refractivity (Wildman–Crippen MR) is 136 cm³/mol. The highest BCUT2D eigenvalue weighted by atomic mass is 16.2. The third-order valence-electron chi connectivity index (χ3n) is 8.55. The molecule has 2 heterocycles. The monoisotopic (exact) mass is 468 g/mol. The van der Waals surface area contributed by atoms with Crippen molar-refractivity contribution in [1.82, 2.24) is 20.4 Å². The third kappa shape index (κ3) is 6.01. The first-order valence-corrected chi connectivity index (χ1v) is 13.6. The molecule has 1 unspecified atom stereocenters. The fraction of sp³-hybridized carbons (Fsp3) is 0.714. The Labute approximate surface area is 205 Å². The number of amides is 2. The van der Waals surface area contributed by atoms with Crippen LogP contribution in [0.3, 0.4) is 0 Å². The van der Waals surface area contributed by atoms with Gasteiger partial charge in [0.1, 0.15) is 6.04 Å². The number of benzene rings is 1. The van der Waals surface area contributed by atoms with Gasteiger partial charge in [0, 0.05) is 25.7 Å². The summed E-state index contributed by atoms with van der Waals surface area (Å²) >= 11 is 0. The Balaban J connectivity index is 1.43. The highest BCUT2D eigenvalue weighted by molar-refractivity contribution is 5.90. The highest BCUT2D eigenvalue weighted by Crippen LogP contribution is 2.34. The van der Waals surface area contributed by atoms with Gasteiger partial charge >= 0.3 is 0 Å². The molecule has 2 aliphatic heterocycles. The van der Waals surface area contributed by atoms with Gasteiger partial charge in [0.15, 0.2) is 0 Å². The minimum Gasteiger partial charge on any atom is -0.343 e. The van der Waals surface area contributed by atoms with Crippen LogP contribution < -0.4 is 10.6 Å². The maximum atomic E-state index is 14.0. The van der Waals surface area contributed by atoms with Gasteiger partial charge in [-0.25, -0.2) is 0 Å². The van der Waals surface area contributed by atoms with E-state index in [1.54, 1.807) is 0 Å². The number of likely N-dealkylation sites (tertiary alicyclic amines) is 2. The maximum Gasteiger partial charge on any atom is 0.245 e. The van der Waals surface area contributed by atoms with E-state index in [2.05, 4.69) is 50.8 Å². The molecule has 2 amide bonds. The van der Waals surface area contributed by atoms with Crippen molar-refractivity contribution in [2.45, 2.75) is 82.8 Å². The first-order chi connectivity index (χ1) is 16.6. The Hall–Kier alpha value is -1.92. The summed E-state index contributed by atoms with van der Waals surface area (Å²) < 4.78 is 0. The summed E-state index contributed by atoms with van der Waals surface area (Å²) in [6.07, 6.45) is 9.68. The summed E-state index contributed by atoms with van der Waals surface area (Å²) in [5.41, 5.74) is 1.37. The van der Waals surface area contributed by atoms with E-state index in [1.165, 1.54) is 18.4 Å². The number of carbonyl (C=O) groups excluding carboxylic acids is 2. The van der Waals surface area contributed by atoms with Gasteiger partial charge in [-0.3, -0.25) is 9.59 Å². The van der Waals surface area contributed by atoms with E-state index >= 15 is 0 Å². The molecule has 1 saturated carbocycles. The SMILES string of the molecule is CC[C@H](NC)C(=O)NC(C(=O)N1CC[C@H]2CCN(CCc3ccccc3)C[C@H]21)C1CCCCC1. The summed E-state index contributed by atoms with van der Waals surface area (Å²) in [4.78, 5) is 31.7. The Morgan fingerprint density at radius 3 is 2.47 bits per heavy atom. The van der Waals surface area contributed by atoms with E-state index in [-0.39, 0.29) is 35.9 Å². The first kappa shape index (κ1) is 25.2. The first-order valence-electron chi connectivity index (χ1n) is 13.6. The lowest BCUT2D eigenvalue weighted by Crippen LogP contribution is -2.59. The molecular weight excluding hydrogens is 424 g/mol. The van der Waals surface area contributed by atoms with Crippen LogP contribution in [0.4, 0.5) is 0 Å². The minimum atomic E-state index is -0.381. The molecule has 1 aliphatic carbocycles. The molecule has 188 valence electrons. The van der Waals surface area contributed by atoms with Crippen LogP contribution in [-0.2, 0) is 16.0 Å². The van der Waals surface area contributed by atoms with Gasteiger partial charge in [-0.15, -0.1) is 0 Å². The normalized spacial score (nSPS) is 25.5. The molecule has 0 spiro atoms. The molecule has 0 aromatic heterocycles. The maximum absolute atomic E-state index is 14.0. The standard InChI is InChI=1S/C28H44N4O2/c1-3-24(29-2)27(33)30-26(23-12-8-5-9-13-23)28(34)32-19-16-22-15-18-31(20-25(22)32)17-14-21-10-6-4-7-11-21/h4,6-7,10-11,22-26,29H,3,5,8-9,12-20H2,1-2H3,(H,30,33)/t22-,24+,25-,26?/m1/s1. The van der Waals surface area contributed by atoms with Crippen LogP contribution in [0.15, 0.2) is 30.3 Å². The predicted octanol–water partition coefficient (Wildman–Crippen LogP) is 3.22. The van der Waals surface area contributed by atoms with Crippen molar-refractivity contribution in [3.63, 3.8) is 0 Å². The molecule has 2 N–H and O–H groups in total. The van der Waals surface area contributed by atoms with Gasteiger partial charge < -0.3 is 20.4 Å². The number of hydrogen-bond donors (Lipinski definition) is 2. The molecule has 2 saturated heterocycles. The molecule has 6 heteroatoms. The van der Waals surface area contributed by atoms with Gasteiger partial charge in [0.2, 0.25) is 11.8 Å². The second kappa shape index (κ2) is 12.2. The summed E-state index contributed by atoms with van der Waals surface area (Å²) in [7, 11) is 1.82. The van der Waals surface area contributed by atoms with Crippen LogP contribution >= 0.6 is 0 Å². The molecule has 34 heavy (non-hydrogen) atoms. The van der Waals surface area contributed by atoms with Gasteiger partial charge in [0.05, 0.1) is 6.04 Å². The van der Waals surface area contributed by atoms with Crippen molar-refractivity contribution < 1.29 is 9.59 Å². The highest BCUT2D eigenvalue weighted by Gasteiger charge is 2.44. The van der Waals surface area contributed by atoms with Crippen molar-refractivity contribution in [2.75, 3.05) is 33.2 Å². The fourth-order valence-corrected chi connectivity index (χ4v) is 6.42. The second-order valence-electron chi connectivity index (χ2n) is 10.6. The molecule has 4 atom stereocenters. The number of carbonyl (C=O) groups is 2. The van der Waals surface area contributed by atoms with Crippen molar-refractivity contribution in [3.8, 4) is 0 Å². The summed E-state index contributed by atoms with van der Waals surface area (Å²) in [6.45, 7) is 5.97. The van der Waals surface area contributed by atoms with Crippen LogP contribution in [-0.4, -0.2) is 73.0 Å². The van der Waals surface area contributed by atoms with Crippen LogP contribution in [0.25, 0.3) is 0 Å². The van der Waals surface area contributed by atoms with E-state index in [1.807, 2.05) is 14.0 Å². The molecule has 0 bridgehead atoms. The Morgan fingerprint density at radius 2 is 1.76 bits per heavy atom. The minimum absolute atomic E-state index is 0.0298. The van der Waals surface area contributed by atoms with E-state index < -0.39 is 0 Å². The lowest BCUT2D eigenvalue weighted by atomic mass is 9.83. The average Bonchev–Trinajstić information content (AvgIpc) is 3.31. The number of likely N-dealkylation sites (N-methyl/N-ethyl adjacent to an activating group) is 1. The Bertz CT molecular complexity index is 791. The summed E-state index contributed by atoms with van der Waals surface area (Å²) in [5.74, 6) is 0.998. The zero-order valence-electron chi connectivity index (χ0n) is 21.2. The smallest absolute Gasteiger partial charge is 0.245 e. The number of nitrogens with one attached hydrogen (secondary N) is 2. The number of fused-ring (bicyclic) bond motifs is 1. The molecule has 1 aromatic carbocycles. The molecule has 4 rings (SSSR count). The Morgan fingerprint density at radius 1 is 1.03 bits per heavy atom. The molecule has 0 radical (unpaired) electrons. The van der Waals surface area contributed by atoms with E-state index in [9.17, 15) is 9.59 Å². The van der Waals surface area contributed by atoms with E-state index in [0.29, 0.717) is 5.92 Å². The lowest BCUT2D eigenvalue weighted by molar-refractivity contribution is -0.140. The second-order valence-corrected chi connectivity index (χ2v) is 10.6. The lowest BCUT2D eigenvalue weighted by Gasteiger charge is -2.41. The largest absolute Gasteiger partial charge is 0.343 e. The van der Waals surface area contributed by atoms with Gasteiger partial charge in [-0.1, -0.05) is 56.5 Å². The molecule has 6 nitrogen and oxygen atoms in total. The van der Waals surface area contributed by atoms with Gasteiger partial charge in [0.25, 0.3) is 0 Å². The summed E-state index contributed by atoms with van der Waals surface area (Å²) in [6, 6.07) is 10.3. The fourth-order valence-electron chi connectivity index (χ4n) is 6.42. The van der Waals surface area contributed by atoms with Crippen molar-refractivity contribution in [3.05, 3.63) is 35.9 Å². The Kier molecular flexibility index (Phi) is 9.01. The molecule has 3 aliphatic rings. The van der Waals surface area contributed by atoms with Crippen LogP contribution in [0.5, 0.6) is 0 Å². The zero-order valence-corrected chi connectivity index (χ0v) is 21.2. The third-order valence-corrected chi connectivity index (χ3v) is 8.55. The van der Waals surface area contributed by atoms with Gasteiger partial charge in [-0.05, 0) is 69.5 Å². The zero-order chi connectivity index (χ0) is 23.9. The van der Waals surface area contributed by atoms with Crippen LogP contribution in [0.2, 0.25) is 0 Å². The van der Waals surface area contributed by atoms with E-state index in [0.717, 1.165) is 71.1 Å². The number of rotatable bonds is 9. The number of hydrogen-bond acceptors (Lipinski definition) is 4. The van der Waals surface area contributed by atoms with Crippen molar-refractivity contribution >= 4 is 11.8 Å². The molecule has 3 fully saturated rings. The molecule has 1 aromatic rings. The quantitative estimate of drug-likeness (QED) is 0.584. The summed E-state index contributed by atoms with van der Waals surface area (Å²) in [5, 5.41) is 6.32. The van der Waals surface area contributed by atoms with Crippen LogP contribution in [0, 0.1) is 11.8 Å². The number of piperidine rings is 1. The van der Waals surface area contributed by atoms with Gasteiger partial charge in [-0.2, -0.15) is 0 Å². The van der Waals surface area contributed by atoms with E-state index in [4.69, 9.17) is 0 Å². The number of nitrogens with zero attached hydrogens (tertiary/aromatic N) is 2. The topological polar surface area (TPSA) is 64.7 Å². The molecular formula is C28H44N4O2. The average molecular weight is 469 g/mol.